The summed E-state index contributed by atoms with van der Waals surface area (Å²) in [7, 11) is 0. The second-order valence-electron chi connectivity index (χ2n) is 6.78. The van der Waals surface area contributed by atoms with Crippen LogP contribution < -0.4 is 15.0 Å². The number of benzene rings is 3. The summed E-state index contributed by atoms with van der Waals surface area (Å²) in [5.74, 6) is -0.865. The molecular weight excluding hydrogens is 416 g/mol. The third kappa shape index (κ3) is 4.65. The molecule has 6 nitrogen and oxygen atoms in total. The first kappa shape index (κ1) is 20.4. The number of amides is 4. The Morgan fingerprint density at radius 1 is 0.871 bits per heavy atom. The van der Waals surface area contributed by atoms with Crippen LogP contribution in [0.25, 0.3) is 6.08 Å². The van der Waals surface area contributed by atoms with Gasteiger partial charge < -0.3 is 4.74 Å². The lowest BCUT2D eigenvalue weighted by atomic mass is 10.1. The van der Waals surface area contributed by atoms with E-state index in [0.29, 0.717) is 28.6 Å². The molecule has 7 heteroatoms. The van der Waals surface area contributed by atoms with Crippen LogP contribution in [-0.4, -0.2) is 17.8 Å². The van der Waals surface area contributed by atoms with Gasteiger partial charge in [0.25, 0.3) is 11.8 Å². The van der Waals surface area contributed by atoms with Gasteiger partial charge in [0.1, 0.15) is 17.9 Å². The number of nitrogens with zero attached hydrogens (tertiary/aromatic N) is 1. The van der Waals surface area contributed by atoms with E-state index >= 15 is 0 Å². The van der Waals surface area contributed by atoms with Crippen LogP contribution in [0.4, 0.5) is 10.5 Å². The molecule has 1 aliphatic rings. The minimum absolute atomic E-state index is 0.147. The average Bonchev–Trinajstić information content (AvgIpc) is 2.78. The number of ether oxygens (including phenoxy) is 1. The van der Waals surface area contributed by atoms with Gasteiger partial charge in [-0.15, -0.1) is 0 Å². The highest BCUT2D eigenvalue weighted by Gasteiger charge is 2.36. The number of nitrogens with one attached hydrogen (secondary N) is 1. The largest absolute Gasteiger partial charge is 0.489 e. The fraction of sp³-hybridized carbons (Fsp3) is 0.0417. The van der Waals surface area contributed by atoms with Crippen molar-refractivity contribution in [3.05, 3.63) is 101 Å². The van der Waals surface area contributed by atoms with E-state index in [4.69, 9.17) is 16.3 Å². The van der Waals surface area contributed by atoms with Crippen molar-refractivity contribution in [1.29, 1.82) is 0 Å². The Balaban J connectivity index is 1.53. The fourth-order valence-corrected chi connectivity index (χ4v) is 3.18. The number of carbonyl (C=O) groups excluding carboxylic acids is 3. The molecule has 0 saturated carbocycles. The summed E-state index contributed by atoms with van der Waals surface area (Å²) in [5.41, 5.74) is 1.81. The molecule has 4 rings (SSSR count). The standard InChI is InChI=1S/C24H17ClN2O4/c25-18-8-6-16(7-9-18)14-21-22(28)26-24(30)27(23(21)29)19-10-12-20(13-11-19)31-15-17-4-2-1-3-5-17/h1-14H,15H2,(H,26,28,30)/b21-14+. The second-order valence-corrected chi connectivity index (χ2v) is 7.21. The van der Waals surface area contributed by atoms with Crippen molar-refractivity contribution in [2.75, 3.05) is 4.90 Å². The first-order valence-corrected chi connectivity index (χ1v) is 9.83. The SMILES string of the molecule is O=C1NC(=O)N(c2ccc(OCc3ccccc3)cc2)C(=O)/C1=C/c1ccc(Cl)cc1. The quantitative estimate of drug-likeness (QED) is 0.472. The van der Waals surface area contributed by atoms with Crippen LogP contribution in [-0.2, 0) is 16.2 Å². The molecule has 4 amide bonds. The van der Waals surface area contributed by atoms with Gasteiger partial charge in [-0.05, 0) is 53.6 Å². The number of barbiturate groups is 1. The number of imide groups is 2. The highest BCUT2D eigenvalue weighted by molar-refractivity contribution is 6.39. The lowest BCUT2D eigenvalue weighted by Gasteiger charge is -2.26. The Kier molecular flexibility index (Phi) is 5.82. The molecule has 0 bridgehead atoms. The minimum Gasteiger partial charge on any atom is -0.489 e. The molecule has 1 N–H and O–H groups in total. The fourth-order valence-electron chi connectivity index (χ4n) is 3.05. The topological polar surface area (TPSA) is 75.7 Å². The molecule has 3 aromatic carbocycles. The maximum absolute atomic E-state index is 12.9. The molecule has 154 valence electrons. The lowest BCUT2D eigenvalue weighted by molar-refractivity contribution is -0.122. The van der Waals surface area contributed by atoms with Gasteiger partial charge in [0.15, 0.2) is 0 Å². The number of rotatable bonds is 5. The van der Waals surface area contributed by atoms with Crippen LogP contribution in [0.1, 0.15) is 11.1 Å². The molecule has 1 aliphatic heterocycles. The van der Waals surface area contributed by atoms with Gasteiger partial charge in [-0.1, -0.05) is 54.1 Å². The number of urea groups is 1. The summed E-state index contributed by atoms with van der Waals surface area (Å²) in [6.45, 7) is 0.395. The third-order valence-electron chi connectivity index (χ3n) is 4.63. The van der Waals surface area contributed by atoms with Crippen LogP contribution >= 0.6 is 11.6 Å². The maximum atomic E-state index is 12.9. The van der Waals surface area contributed by atoms with E-state index < -0.39 is 17.8 Å². The van der Waals surface area contributed by atoms with Gasteiger partial charge in [0.2, 0.25) is 0 Å². The van der Waals surface area contributed by atoms with E-state index in [1.54, 1.807) is 48.5 Å². The molecule has 31 heavy (non-hydrogen) atoms. The van der Waals surface area contributed by atoms with E-state index in [0.717, 1.165) is 10.5 Å². The molecule has 0 atom stereocenters. The highest BCUT2D eigenvalue weighted by Crippen LogP contribution is 2.25. The normalized spacial score (nSPS) is 15.2. The van der Waals surface area contributed by atoms with E-state index in [1.807, 2.05) is 30.3 Å². The summed E-state index contributed by atoms with van der Waals surface area (Å²) < 4.78 is 5.73. The molecular formula is C24H17ClN2O4. The van der Waals surface area contributed by atoms with E-state index in [9.17, 15) is 14.4 Å². The van der Waals surface area contributed by atoms with Gasteiger partial charge in [-0.2, -0.15) is 0 Å². The monoisotopic (exact) mass is 432 g/mol. The molecule has 1 heterocycles. The Morgan fingerprint density at radius 3 is 2.23 bits per heavy atom. The number of halogens is 1. The third-order valence-corrected chi connectivity index (χ3v) is 4.88. The summed E-state index contributed by atoms with van der Waals surface area (Å²) in [5, 5.41) is 2.74. The van der Waals surface area contributed by atoms with Crippen molar-refractivity contribution >= 4 is 41.2 Å². The number of hydrogen-bond acceptors (Lipinski definition) is 4. The summed E-state index contributed by atoms with van der Waals surface area (Å²) in [6.07, 6.45) is 1.42. The molecule has 0 aromatic heterocycles. The Labute approximate surface area is 183 Å². The minimum atomic E-state index is -0.804. The number of hydrogen-bond donors (Lipinski definition) is 1. The van der Waals surface area contributed by atoms with E-state index in [1.165, 1.54) is 6.08 Å². The van der Waals surface area contributed by atoms with E-state index in [-0.39, 0.29) is 5.57 Å². The van der Waals surface area contributed by atoms with Gasteiger partial charge in [0, 0.05) is 5.02 Å². The van der Waals surface area contributed by atoms with Crippen LogP contribution in [0.15, 0.2) is 84.4 Å². The number of carbonyl (C=O) groups is 3. The lowest BCUT2D eigenvalue weighted by Crippen LogP contribution is -2.54. The molecule has 0 aliphatic carbocycles. The number of anilines is 1. The van der Waals surface area contributed by atoms with Crippen molar-refractivity contribution in [2.24, 2.45) is 0 Å². The zero-order chi connectivity index (χ0) is 21.8. The predicted octanol–water partition coefficient (Wildman–Crippen LogP) is 4.59. The van der Waals surface area contributed by atoms with Crippen molar-refractivity contribution in [1.82, 2.24) is 5.32 Å². The summed E-state index contributed by atoms with van der Waals surface area (Å²) >= 11 is 5.87. The first-order valence-electron chi connectivity index (χ1n) is 9.45. The van der Waals surface area contributed by atoms with Crippen molar-refractivity contribution < 1.29 is 19.1 Å². The highest BCUT2D eigenvalue weighted by atomic mass is 35.5. The molecule has 0 unspecified atom stereocenters. The Hall–Kier alpha value is -3.90. The van der Waals surface area contributed by atoms with E-state index in [2.05, 4.69) is 5.32 Å². The van der Waals surface area contributed by atoms with Crippen LogP contribution in [0, 0.1) is 0 Å². The van der Waals surface area contributed by atoms with Crippen molar-refractivity contribution in [2.45, 2.75) is 6.61 Å². The van der Waals surface area contributed by atoms with Crippen molar-refractivity contribution in [3.63, 3.8) is 0 Å². The average molecular weight is 433 g/mol. The molecule has 0 spiro atoms. The van der Waals surface area contributed by atoms with Gasteiger partial charge in [-0.3, -0.25) is 14.9 Å². The van der Waals surface area contributed by atoms with Crippen LogP contribution in [0.5, 0.6) is 5.75 Å². The summed E-state index contributed by atoms with van der Waals surface area (Å²) in [6, 6.07) is 22.1. The zero-order valence-corrected chi connectivity index (χ0v) is 17.0. The second kappa shape index (κ2) is 8.85. The summed E-state index contributed by atoms with van der Waals surface area (Å²) in [4.78, 5) is 38.4. The smallest absolute Gasteiger partial charge is 0.335 e. The molecule has 1 saturated heterocycles. The molecule has 0 radical (unpaired) electrons. The first-order chi connectivity index (χ1) is 15.0. The Morgan fingerprint density at radius 2 is 1.55 bits per heavy atom. The zero-order valence-electron chi connectivity index (χ0n) is 16.2. The van der Waals surface area contributed by atoms with Crippen LogP contribution in [0.3, 0.4) is 0 Å². The predicted molar refractivity (Wildman–Crippen MR) is 118 cm³/mol. The maximum Gasteiger partial charge on any atom is 0.335 e. The Bertz CT molecular complexity index is 1160. The van der Waals surface area contributed by atoms with Crippen molar-refractivity contribution in [3.8, 4) is 5.75 Å². The van der Waals surface area contributed by atoms with Gasteiger partial charge >= 0.3 is 6.03 Å². The molecule has 3 aromatic rings. The van der Waals surface area contributed by atoms with Gasteiger partial charge in [-0.25, -0.2) is 9.69 Å². The van der Waals surface area contributed by atoms with Crippen LogP contribution in [0.2, 0.25) is 5.02 Å². The van der Waals surface area contributed by atoms with Gasteiger partial charge in [0.05, 0.1) is 5.69 Å². The molecule has 1 fully saturated rings.